The van der Waals surface area contributed by atoms with Crippen molar-refractivity contribution < 1.29 is 18.7 Å². The van der Waals surface area contributed by atoms with Crippen LogP contribution in [0, 0.1) is 5.82 Å². The van der Waals surface area contributed by atoms with Gasteiger partial charge in [0.25, 0.3) is 5.91 Å². The van der Waals surface area contributed by atoms with Gasteiger partial charge >= 0.3 is 0 Å². The van der Waals surface area contributed by atoms with Crippen molar-refractivity contribution in [3.05, 3.63) is 54.3 Å². The van der Waals surface area contributed by atoms with E-state index in [2.05, 4.69) is 5.32 Å². The lowest BCUT2D eigenvalue weighted by Crippen LogP contribution is -2.45. The van der Waals surface area contributed by atoms with Crippen LogP contribution in [-0.2, 0) is 9.59 Å². The minimum Gasteiger partial charge on any atom is -0.479 e. The fourth-order valence-corrected chi connectivity index (χ4v) is 2.56. The quantitative estimate of drug-likeness (QED) is 0.939. The van der Waals surface area contributed by atoms with Crippen molar-refractivity contribution in [3.8, 4) is 5.75 Å². The van der Waals surface area contributed by atoms with Gasteiger partial charge in [-0.3, -0.25) is 9.59 Å². The Morgan fingerprint density at radius 3 is 2.67 bits per heavy atom. The zero-order valence-electron chi connectivity index (χ0n) is 13.2. The number of benzene rings is 2. The Morgan fingerprint density at radius 1 is 1.21 bits per heavy atom. The Labute approximate surface area is 139 Å². The number of amides is 2. The lowest BCUT2D eigenvalue weighted by molar-refractivity contribution is -0.125. The minimum absolute atomic E-state index is 0.129. The molecular formula is C18H17FN2O3. The number of anilines is 2. The Balaban J connectivity index is 1.66. The van der Waals surface area contributed by atoms with Crippen LogP contribution in [0.15, 0.2) is 48.5 Å². The number of halogens is 1. The molecule has 0 bridgehead atoms. The molecule has 0 aromatic heterocycles. The summed E-state index contributed by atoms with van der Waals surface area (Å²) in [5.41, 5.74) is 1.18. The number of carbonyl (C=O) groups is 2. The number of ether oxygens (including phenoxy) is 1. The van der Waals surface area contributed by atoms with Gasteiger partial charge in [-0.15, -0.1) is 0 Å². The molecule has 0 unspecified atom stereocenters. The summed E-state index contributed by atoms with van der Waals surface area (Å²) < 4.78 is 18.4. The third-order valence-electron chi connectivity index (χ3n) is 3.76. The molecule has 2 aromatic rings. The summed E-state index contributed by atoms with van der Waals surface area (Å²) >= 11 is 0. The van der Waals surface area contributed by atoms with Crippen molar-refractivity contribution in [1.29, 1.82) is 0 Å². The first-order valence-electron chi connectivity index (χ1n) is 7.67. The van der Waals surface area contributed by atoms with Gasteiger partial charge in [-0.2, -0.15) is 0 Å². The van der Waals surface area contributed by atoms with Crippen LogP contribution in [0.5, 0.6) is 5.75 Å². The molecular weight excluding hydrogens is 311 g/mol. The number of hydrogen-bond acceptors (Lipinski definition) is 3. The number of rotatable bonds is 4. The number of nitrogens with zero attached hydrogens (tertiary/aromatic N) is 1. The van der Waals surface area contributed by atoms with Gasteiger partial charge in [0.05, 0.1) is 5.69 Å². The molecule has 2 aromatic carbocycles. The highest BCUT2D eigenvalue weighted by atomic mass is 19.1. The molecule has 5 nitrogen and oxygen atoms in total. The van der Waals surface area contributed by atoms with Gasteiger partial charge < -0.3 is 15.0 Å². The number of hydrogen-bond donors (Lipinski definition) is 1. The second-order valence-electron chi connectivity index (χ2n) is 5.52. The second kappa shape index (κ2) is 6.70. The molecule has 124 valence electrons. The summed E-state index contributed by atoms with van der Waals surface area (Å²) in [5.74, 6) is -0.157. The highest BCUT2D eigenvalue weighted by molar-refractivity contribution is 6.00. The summed E-state index contributed by atoms with van der Waals surface area (Å²) in [5, 5.41) is 2.68. The topological polar surface area (TPSA) is 58.6 Å². The van der Waals surface area contributed by atoms with E-state index in [0.29, 0.717) is 17.1 Å². The molecule has 1 aliphatic rings. The third-order valence-corrected chi connectivity index (χ3v) is 3.76. The molecule has 2 amide bonds. The Hall–Kier alpha value is -2.89. The zero-order valence-corrected chi connectivity index (χ0v) is 13.2. The highest BCUT2D eigenvalue weighted by Crippen LogP contribution is 2.33. The molecule has 3 rings (SSSR count). The minimum atomic E-state index is -0.583. The first-order valence-corrected chi connectivity index (χ1v) is 7.67. The van der Waals surface area contributed by atoms with Crippen molar-refractivity contribution in [3.63, 3.8) is 0 Å². The van der Waals surface area contributed by atoms with Gasteiger partial charge in [0.15, 0.2) is 6.10 Å². The smallest absolute Gasteiger partial charge is 0.267 e. The van der Waals surface area contributed by atoms with Crippen molar-refractivity contribution in [2.75, 3.05) is 16.8 Å². The third kappa shape index (κ3) is 3.37. The number of nitrogens with one attached hydrogen (secondary N) is 1. The molecule has 6 heteroatoms. The summed E-state index contributed by atoms with van der Waals surface area (Å²) in [6, 6.07) is 12.8. The maximum atomic E-state index is 12.9. The van der Waals surface area contributed by atoms with E-state index in [0.717, 1.165) is 0 Å². The maximum Gasteiger partial charge on any atom is 0.267 e. The molecule has 0 spiro atoms. The van der Waals surface area contributed by atoms with E-state index in [4.69, 9.17) is 4.74 Å². The van der Waals surface area contributed by atoms with Crippen LogP contribution < -0.4 is 15.0 Å². The molecule has 0 saturated heterocycles. The largest absolute Gasteiger partial charge is 0.479 e. The Morgan fingerprint density at radius 2 is 1.92 bits per heavy atom. The molecule has 0 radical (unpaired) electrons. The van der Waals surface area contributed by atoms with Gasteiger partial charge in [-0.1, -0.05) is 12.1 Å². The van der Waals surface area contributed by atoms with Crippen LogP contribution in [0.1, 0.15) is 13.3 Å². The molecule has 0 fully saturated rings. The van der Waals surface area contributed by atoms with Gasteiger partial charge in [0.2, 0.25) is 5.91 Å². The van der Waals surface area contributed by atoms with Crippen LogP contribution >= 0.6 is 0 Å². The molecule has 1 atom stereocenters. The molecule has 1 aliphatic heterocycles. The van der Waals surface area contributed by atoms with Crippen molar-refractivity contribution in [2.45, 2.75) is 19.4 Å². The first-order chi connectivity index (χ1) is 11.5. The predicted molar refractivity (Wildman–Crippen MR) is 88.5 cm³/mol. The molecule has 1 heterocycles. The predicted octanol–water partition coefficient (Wildman–Crippen LogP) is 2.97. The normalized spacial score (nSPS) is 16.3. The average molecular weight is 328 g/mol. The summed E-state index contributed by atoms with van der Waals surface area (Å²) in [4.78, 5) is 26.0. The number of carbonyl (C=O) groups excluding carboxylic acids is 2. The Bertz CT molecular complexity index is 761. The summed E-state index contributed by atoms with van der Waals surface area (Å²) in [6.07, 6.45) is -0.454. The van der Waals surface area contributed by atoms with E-state index in [1.54, 1.807) is 24.0 Å². The highest BCUT2D eigenvalue weighted by Gasteiger charge is 2.31. The maximum absolute atomic E-state index is 12.9. The Kier molecular flexibility index (Phi) is 4.46. The van der Waals surface area contributed by atoms with Gasteiger partial charge in [0.1, 0.15) is 11.6 Å². The summed E-state index contributed by atoms with van der Waals surface area (Å²) in [6.45, 7) is 1.93. The average Bonchev–Trinajstić information content (AvgIpc) is 2.57. The molecule has 0 aliphatic carbocycles. The van der Waals surface area contributed by atoms with Crippen molar-refractivity contribution in [1.82, 2.24) is 0 Å². The SMILES string of the molecule is C[C@@H]1Oc2ccccc2N(CCC(=O)Nc2ccc(F)cc2)C1=O. The van der Waals surface area contributed by atoms with Crippen LogP contribution in [0.4, 0.5) is 15.8 Å². The fraction of sp³-hybridized carbons (Fsp3) is 0.222. The molecule has 1 N–H and O–H groups in total. The lowest BCUT2D eigenvalue weighted by Gasteiger charge is -2.32. The van der Waals surface area contributed by atoms with Gasteiger partial charge in [0, 0.05) is 18.7 Å². The van der Waals surface area contributed by atoms with E-state index in [-0.39, 0.29) is 30.6 Å². The summed E-state index contributed by atoms with van der Waals surface area (Å²) in [7, 11) is 0. The van der Waals surface area contributed by atoms with E-state index in [9.17, 15) is 14.0 Å². The number of fused-ring (bicyclic) bond motifs is 1. The van der Waals surface area contributed by atoms with Crippen LogP contribution in [0.25, 0.3) is 0 Å². The van der Waals surface area contributed by atoms with Crippen molar-refractivity contribution >= 4 is 23.2 Å². The van der Waals surface area contributed by atoms with E-state index in [1.165, 1.54) is 24.3 Å². The fourth-order valence-electron chi connectivity index (χ4n) is 2.56. The zero-order chi connectivity index (χ0) is 17.1. The van der Waals surface area contributed by atoms with E-state index < -0.39 is 6.10 Å². The second-order valence-corrected chi connectivity index (χ2v) is 5.52. The van der Waals surface area contributed by atoms with Crippen LogP contribution in [0.3, 0.4) is 0 Å². The number of para-hydroxylation sites is 2. The van der Waals surface area contributed by atoms with Crippen LogP contribution in [-0.4, -0.2) is 24.5 Å². The van der Waals surface area contributed by atoms with Gasteiger partial charge in [-0.05, 0) is 43.3 Å². The standard InChI is InChI=1S/C18H17FN2O3/c1-12-18(23)21(15-4-2-3-5-16(15)24-12)11-10-17(22)20-14-8-6-13(19)7-9-14/h2-9,12H,10-11H2,1H3,(H,20,22)/t12-/m0/s1. The monoisotopic (exact) mass is 328 g/mol. The first kappa shape index (κ1) is 16.0. The molecule has 0 saturated carbocycles. The van der Waals surface area contributed by atoms with Gasteiger partial charge in [-0.25, -0.2) is 4.39 Å². The van der Waals surface area contributed by atoms with Crippen molar-refractivity contribution in [2.24, 2.45) is 0 Å². The molecule has 24 heavy (non-hydrogen) atoms. The van der Waals surface area contributed by atoms with E-state index >= 15 is 0 Å². The lowest BCUT2D eigenvalue weighted by atomic mass is 10.1. The van der Waals surface area contributed by atoms with Crippen LogP contribution in [0.2, 0.25) is 0 Å². The van der Waals surface area contributed by atoms with E-state index in [1.807, 2.05) is 12.1 Å².